The minimum absolute atomic E-state index is 0.146. The van der Waals surface area contributed by atoms with Gasteiger partial charge in [0.1, 0.15) is 10.6 Å². The van der Waals surface area contributed by atoms with Gasteiger partial charge in [-0.15, -0.1) is 11.3 Å². The van der Waals surface area contributed by atoms with Crippen LogP contribution in [0.3, 0.4) is 0 Å². The van der Waals surface area contributed by atoms with Gasteiger partial charge in [0, 0.05) is 18.2 Å². The van der Waals surface area contributed by atoms with Gasteiger partial charge in [-0.05, 0) is 98.9 Å². The molecule has 4 aliphatic carbocycles. The van der Waals surface area contributed by atoms with Crippen molar-refractivity contribution >= 4 is 17.3 Å². The molecule has 1 atom stereocenters. The second-order valence-electron chi connectivity index (χ2n) is 9.91. The number of rotatable bonds is 7. The molecule has 0 N–H and O–H groups in total. The summed E-state index contributed by atoms with van der Waals surface area (Å²) in [5.74, 6) is 9.52. The highest BCUT2D eigenvalue weighted by atomic mass is 32.1. The minimum atomic E-state index is -0.725. The Bertz CT molecular complexity index is 1070. The Kier molecular flexibility index (Phi) is 6.70. The van der Waals surface area contributed by atoms with E-state index in [4.69, 9.17) is 18.9 Å². The van der Waals surface area contributed by atoms with Crippen LogP contribution in [0.25, 0.3) is 0 Å². The van der Waals surface area contributed by atoms with Crippen LogP contribution in [-0.2, 0) is 19.6 Å². The van der Waals surface area contributed by atoms with Gasteiger partial charge in [-0.25, -0.2) is 4.79 Å². The Morgan fingerprint density at radius 3 is 2.38 bits per heavy atom. The van der Waals surface area contributed by atoms with E-state index in [-0.39, 0.29) is 11.4 Å². The molecule has 1 aromatic heterocycles. The third-order valence-electron chi connectivity index (χ3n) is 7.63. The molecule has 34 heavy (non-hydrogen) atoms. The quantitative estimate of drug-likeness (QED) is 0.287. The molecule has 1 aromatic carbocycles. The lowest BCUT2D eigenvalue weighted by Crippen LogP contribution is -2.48. The fraction of sp³-hybridized carbons (Fsp3) is 0.536. The summed E-state index contributed by atoms with van der Waals surface area (Å²) in [5, 5.41) is 0. The molecule has 6 heteroatoms. The van der Waals surface area contributed by atoms with E-state index in [0.717, 1.165) is 33.9 Å². The smallest absolute Gasteiger partial charge is 0.348 e. The molecular weight excluding hydrogens is 448 g/mol. The average molecular weight is 481 g/mol. The number of benzene rings is 1. The zero-order chi connectivity index (χ0) is 23.7. The number of hydrogen-bond donors (Lipinski definition) is 0. The second kappa shape index (κ2) is 9.73. The van der Waals surface area contributed by atoms with Gasteiger partial charge in [0.05, 0.1) is 18.6 Å². The van der Waals surface area contributed by atoms with Gasteiger partial charge < -0.3 is 18.9 Å². The topological polar surface area (TPSA) is 54.0 Å². The molecule has 180 valence electrons. The Morgan fingerprint density at radius 1 is 1.06 bits per heavy atom. The molecule has 1 heterocycles. The fourth-order valence-corrected chi connectivity index (χ4v) is 7.48. The summed E-state index contributed by atoms with van der Waals surface area (Å²) in [4.78, 5) is 13.2. The second-order valence-corrected chi connectivity index (χ2v) is 11.0. The summed E-state index contributed by atoms with van der Waals surface area (Å²) in [6, 6.07) is 9.88. The van der Waals surface area contributed by atoms with E-state index in [9.17, 15) is 4.79 Å². The lowest BCUT2D eigenvalue weighted by Gasteiger charge is -2.57. The summed E-state index contributed by atoms with van der Waals surface area (Å²) in [5.41, 5.74) is 2.35. The van der Waals surface area contributed by atoms with Crippen molar-refractivity contribution in [2.75, 3.05) is 20.8 Å². The molecule has 4 bridgehead atoms. The minimum Gasteiger partial charge on any atom is -0.465 e. The highest BCUT2D eigenvalue weighted by Crippen LogP contribution is 2.62. The van der Waals surface area contributed by atoms with Crippen molar-refractivity contribution in [3.05, 3.63) is 51.2 Å². The predicted octanol–water partition coefficient (Wildman–Crippen LogP) is 5.75. The number of carbonyl (C=O) groups excluding carboxylic acids is 1. The summed E-state index contributed by atoms with van der Waals surface area (Å²) in [6.45, 7) is 1.73. The van der Waals surface area contributed by atoms with Crippen molar-refractivity contribution in [2.24, 2.45) is 17.8 Å². The van der Waals surface area contributed by atoms with Gasteiger partial charge >= 0.3 is 12.4 Å². The van der Waals surface area contributed by atoms with Crippen molar-refractivity contribution < 1.29 is 23.7 Å². The van der Waals surface area contributed by atoms with Gasteiger partial charge in [0.2, 0.25) is 0 Å². The zero-order valence-electron chi connectivity index (χ0n) is 20.1. The largest absolute Gasteiger partial charge is 0.465 e. The molecule has 0 radical (unpaired) electrons. The highest BCUT2D eigenvalue weighted by Gasteiger charge is 2.52. The third kappa shape index (κ3) is 4.62. The first kappa shape index (κ1) is 23.4. The summed E-state index contributed by atoms with van der Waals surface area (Å²) < 4.78 is 22.1. The van der Waals surface area contributed by atoms with Crippen LogP contribution in [0.15, 0.2) is 30.3 Å². The molecule has 2 aromatic rings. The Morgan fingerprint density at radius 2 is 1.76 bits per heavy atom. The number of hydrogen-bond acceptors (Lipinski definition) is 6. The molecule has 4 saturated carbocycles. The number of ether oxygens (including phenoxy) is 4. The van der Waals surface area contributed by atoms with Gasteiger partial charge in [-0.3, -0.25) is 0 Å². The van der Waals surface area contributed by atoms with Crippen molar-refractivity contribution in [1.82, 2.24) is 0 Å². The maximum absolute atomic E-state index is 11.8. The van der Waals surface area contributed by atoms with E-state index in [0.29, 0.717) is 11.5 Å². The maximum Gasteiger partial charge on any atom is 0.348 e. The third-order valence-corrected chi connectivity index (χ3v) is 8.61. The molecule has 0 spiro atoms. The van der Waals surface area contributed by atoms with E-state index in [1.165, 1.54) is 62.5 Å². The van der Waals surface area contributed by atoms with Crippen LogP contribution in [0.1, 0.15) is 71.1 Å². The van der Waals surface area contributed by atoms with E-state index in [2.05, 4.69) is 17.9 Å². The fourth-order valence-electron chi connectivity index (χ4n) is 6.70. The van der Waals surface area contributed by atoms with Crippen LogP contribution < -0.4 is 4.74 Å². The van der Waals surface area contributed by atoms with Crippen LogP contribution in [0.5, 0.6) is 5.75 Å². The van der Waals surface area contributed by atoms with E-state index < -0.39 is 6.48 Å². The highest BCUT2D eigenvalue weighted by molar-refractivity contribution is 7.14. The molecule has 6 rings (SSSR count). The molecule has 0 aliphatic heterocycles. The van der Waals surface area contributed by atoms with Crippen molar-refractivity contribution in [1.29, 1.82) is 0 Å². The first-order valence-electron chi connectivity index (χ1n) is 12.2. The average Bonchev–Trinajstić information content (AvgIpc) is 3.31. The Balaban J connectivity index is 1.49. The molecule has 4 aliphatic rings. The number of thiophene rings is 1. The molecule has 5 nitrogen and oxygen atoms in total. The monoisotopic (exact) mass is 480 g/mol. The normalized spacial score (nSPS) is 27.7. The maximum atomic E-state index is 11.8. The molecule has 4 fully saturated rings. The van der Waals surface area contributed by atoms with E-state index in [1.807, 2.05) is 25.1 Å². The van der Waals surface area contributed by atoms with Crippen LogP contribution in [0.4, 0.5) is 0 Å². The van der Waals surface area contributed by atoms with Gasteiger partial charge in [-0.1, -0.05) is 11.8 Å². The van der Waals surface area contributed by atoms with Crippen molar-refractivity contribution in [3.8, 4) is 17.6 Å². The Hall–Kier alpha value is -2.33. The summed E-state index contributed by atoms with van der Waals surface area (Å²) >= 11 is 1.35. The summed E-state index contributed by atoms with van der Waals surface area (Å²) in [7, 11) is 3.00. The van der Waals surface area contributed by atoms with Gasteiger partial charge in [-0.2, -0.15) is 0 Å². The van der Waals surface area contributed by atoms with E-state index >= 15 is 0 Å². The number of carbonyl (C=O) groups is 1. The van der Waals surface area contributed by atoms with Gasteiger partial charge in [0.15, 0.2) is 0 Å². The molecular formula is C28H32O5S. The molecule has 1 unspecified atom stereocenters. The zero-order valence-corrected chi connectivity index (χ0v) is 20.9. The van der Waals surface area contributed by atoms with E-state index in [1.54, 1.807) is 13.2 Å². The standard InChI is InChI=1S/C28H32O5S/c1-4-32-27(31-3)33-24-9-6-18(5-7-22-8-10-25(34-22)26(29)30-2)14-23(24)28-15-19-11-20(16-28)13-21(12-19)17-28/h6,8-10,14,19-21,27H,4,11-13,15-17H2,1-3H3. The van der Waals surface area contributed by atoms with Gasteiger partial charge in [0.25, 0.3) is 0 Å². The first-order chi connectivity index (χ1) is 16.5. The predicted molar refractivity (Wildman–Crippen MR) is 131 cm³/mol. The number of esters is 1. The number of methoxy groups -OCH3 is 2. The lowest BCUT2D eigenvalue weighted by atomic mass is 9.48. The van der Waals surface area contributed by atoms with Crippen molar-refractivity contribution in [2.45, 2.75) is 57.3 Å². The van der Waals surface area contributed by atoms with Crippen LogP contribution in [0.2, 0.25) is 0 Å². The Labute approximate surface area is 205 Å². The first-order valence-corrected chi connectivity index (χ1v) is 13.0. The SMILES string of the molecule is CCOC(OC)Oc1ccc(C#Cc2ccc(C(=O)OC)s2)cc1C12CC3CC(CC(C3)C1)C2. The van der Waals surface area contributed by atoms with Crippen molar-refractivity contribution in [3.63, 3.8) is 0 Å². The lowest BCUT2D eigenvalue weighted by molar-refractivity contribution is -0.231. The summed E-state index contributed by atoms with van der Waals surface area (Å²) in [6.07, 6.45) is 7.84. The molecule has 0 saturated heterocycles. The van der Waals surface area contributed by atoms with Crippen LogP contribution in [-0.4, -0.2) is 33.3 Å². The molecule has 0 amide bonds. The van der Waals surface area contributed by atoms with Crippen LogP contribution >= 0.6 is 11.3 Å². The van der Waals surface area contributed by atoms with Crippen LogP contribution in [0, 0.1) is 29.6 Å².